The summed E-state index contributed by atoms with van der Waals surface area (Å²) in [6.45, 7) is 4.28. The maximum atomic E-state index is 13.8. The number of unbranched alkanes of at least 4 members (excludes halogenated alkanes) is 2. The number of ether oxygens (including phenoxy) is 1. The van der Waals surface area contributed by atoms with Gasteiger partial charge in [-0.25, -0.2) is 0 Å². The predicted octanol–water partition coefficient (Wildman–Crippen LogP) is 5.68. The molecule has 2 rings (SSSR count). The summed E-state index contributed by atoms with van der Waals surface area (Å²) in [7, 11) is 1.11. The summed E-state index contributed by atoms with van der Waals surface area (Å²) >= 11 is 0. The smallest absolute Gasteiger partial charge is 0.416 e. The van der Waals surface area contributed by atoms with Crippen LogP contribution in [0.25, 0.3) is 0 Å². The van der Waals surface area contributed by atoms with E-state index in [1.807, 2.05) is 11.8 Å². The molecule has 0 amide bonds. The molecule has 1 aromatic rings. The number of halogens is 7. The van der Waals surface area contributed by atoms with E-state index in [1.165, 1.54) is 0 Å². The highest BCUT2D eigenvalue weighted by molar-refractivity contribution is 5.85. The summed E-state index contributed by atoms with van der Waals surface area (Å²) in [4.78, 5) is 1.91. The zero-order chi connectivity index (χ0) is 20.9. The lowest BCUT2D eigenvalue weighted by atomic mass is 9.91. The summed E-state index contributed by atoms with van der Waals surface area (Å²) < 4.78 is 85.9. The Labute approximate surface area is 173 Å². The van der Waals surface area contributed by atoms with Crippen molar-refractivity contribution >= 4 is 12.4 Å². The van der Waals surface area contributed by atoms with Crippen LogP contribution in [0.4, 0.5) is 26.3 Å². The van der Waals surface area contributed by atoms with Crippen LogP contribution in [0.15, 0.2) is 12.1 Å². The van der Waals surface area contributed by atoms with Crippen molar-refractivity contribution in [1.82, 2.24) is 10.2 Å². The van der Waals surface area contributed by atoms with E-state index < -0.39 is 29.5 Å². The molecule has 0 aromatic heterocycles. The molecule has 0 bridgehead atoms. The fraction of sp³-hybridized carbons (Fsp3) is 0.684. The van der Waals surface area contributed by atoms with Crippen LogP contribution in [-0.2, 0) is 12.4 Å². The highest BCUT2D eigenvalue weighted by Gasteiger charge is 2.42. The monoisotopic (exact) mass is 448 g/mol. The molecule has 1 N–H and O–H groups in total. The first kappa shape index (κ1) is 25.8. The Morgan fingerprint density at radius 1 is 1.03 bits per heavy atom. The molecule has 1 aromatic carbocycles. The Kier molecular flexibility index (Phi) is 9.56. The molecule has 1 atom stereocenters. The second kappa shape index (κ2) is 10.7. The van der Waals surface area contributed by atoms with Crippen LogP contribution in [0.1, 0.15) is 55.3 Å². The lowest BCUT2D eigenvalue weighted by Crippen LogP contribution is -2.45. The first-order valence-corrected chi connectivity index (χ1v) is 9.40. The SMILES string of the molecule is CCCCC[C@@H](c1c(OC)cc(C(F)(F)F)cc1C(F)(F)F)N1CCNCC1.Cl. The number of methoxy groups -OCH3 is 1. The molecular weight excluding hydrogens is 422 g/mol. The van der Waals surface area contributed by atoms with E-state index in [4.69, 9.17) is 4.74 Å². The molecule has 168 valence electrons. The van der Waals surface area contributed by atoms with Gasteiger partial charge in [0.25, 0.3) is 0 Å². The van der Waals surface area contributed by atoms with Gasteiger partial charge >= 0.3 is 12.4 Å². The van der Waals surface area contributed by atoms with Crippen LogP contribution in [0, 0.1) is 0 Å². The van der Waals surface area contributed by atoms with Gasteiger partial charge in [-0.05, 0) is 18.6 Å². The number of hydrogen-bond acceptors (Lipinski definition) is 3. The van der Waals surface area contributed by atoms with Gasteiger partial charge in [-0.2, -0.15) is 26.3 Å². The summed E-state index contributed by atoms with van der Waals surface area (Å²) in [5, 5.41) is 3.15. The van der Waals surface area contributed by atoms with Gasteiger partial charge in [0.2, 0.25) is 0 Å². The minimum absolute atomic E-state index is 0. The fourth-order valence-corrected chi connectivity index (χ4v) is 3.63. The van der Waals surface area contributed by atoms with Crippen molar-refractivity contribution in [3.63, 3.8) is 0 Å². The predicted molar refractivity (Wildman–Crippen MR) is 102 cm³/mol. The molecule has 3 nitrogen and oxygen atoms in total. The topological polar surface area (TPSA) is 24.5 Å². The molecule has 0 saturated carbocycles. The molecule has 1 heterocycles. The van der Waals surface area contributed by atoms with Crippen molar-refractivity contribution in [2.75, 3.05) is 33.3 Å². The third-order valence-electron chi connectivity index (χ3n) is 5.00. The zero-order valence-electron chi connectivity index (χ0n) is 16.4. The van der Waals surface area contributed by atoms with Gasteiger partial charge in [0.1, 0.15) is 5.75 Å². The first-order valence-electron chi connectivity index (χ1n) is 9.40. The Morgan fingerprint density at radius 2 is 1.66 bits per heavy atom. The molecule has 0 aliphatic carbocycles. The molecule has 1 fully saturated rings. The van der Waals surface area contributed by atoms with E-state index in [-0.39, 0.29) is 29.8 Å². The molecule has 0 radical (unpaired) electrons. The number of benzene rings is 1. The van der Waals surface area contributed by atoms with Crippen LogP contribution < -0.4 is 10.1 Å². The summed E-state index contributed by atoms with van der Waals surface area (Å²) in [5.41, 5.74) is -2.81. The lowest BCUT2D eigenvalue weighted by Gasteiger charge is -2.37. The maximum absolute atomic E-state index is 13.8. The Balaban J connectivity index is 0.00000420. The van der Waals surface area contributed by atoms with Crippen molar-refractivity contribution < 1.29 is 31.1 Å². The van der Waals surface area contributed by atoms with Gasteiger partial charge in [-0.1, -0.05) is 26.2 Å². The summed E-state index contributed by atoms with van der Waals surface area (Å²) in [5.74, 6) is -0.359. The Morgan fingerprint density at radius 3 is 2.14 bits per heavy atom. The van der Waals surface area contributed by atoms with Crippen LogP contribution >= 0.6 is 12.4 Å². The number of hydrogen-bond donors (Lipinski definition) is 1. The van der Waals surface area contributed by atoms with Gasteiger partial charge in [-0.15, -0.1) is 12.4 Å². The summed E-state index contributed by atoms with van der Waals surface area (Å²) in [6.07, 6.45) is -6.96. The number of alkyl halides is 6. The molecule has 29 heavy (non-hydrogen) atoms. The van der Waals surface area contributed by atoms with Crippen molar-refractivity contribution in [2.45, 2.75) is 51.0 Å². The number of piperazine rings is 1. The number of rotatable bonds is 7. The van der Waals surface area contributed by atoms with E-state index in [0.717, 1.165) is 20.0 Å². The largest absolute Gasteiger partial charge is 0.496 e. The standard InChI is InChI=1S/C19H26F6N2O.ClH/c1-3-4-5-6-15(27-9-7-26-8-10-27)17-14(19(23,24)25)11-13(18(20,21)22)12-16(17)28-2;/h11-12,15,26H,3-10H2,1-2H3;1H/t15-;/m0./s1. The van der Waals surface area contributed by atoms with E-state index in [9.17, 15) is 26.3 Å². The molecule has 0 spiro atoms. The van der Waals surface area contributed by atoms with Crippen LogP contribution in [0.5, 0.6) is 5.75 Å². The second-order valence-electron chi connectivity index (χ2n) is 6.93. The molecule has 10 heteroatoms. The highest BCUT2D eigenvalue weighted by Crippen LogP contribution is 2.46. The number of nitrogens with zero attached hydrogens (tertiary/aromatic N) is 1. The average Bonchev–Trinajstić information content (AvgIpc) is 2.63. The van der Waals surface area contributed by atoms with E-state index in [2.05, 4.69) is 5.32 Å². The minimum atomic E-state index is -4.92. The van der Waals surface area contributed by atoms with E-state index in [0.29, 0.717) is 45.1 Å². The second-order valence-corrected chi connectivity index (χ2v) is 6.93. The molecule has 1 aliphatic heterocycles. The molecule has 0 unspecified atom stereocenters. The highest BCUT2D eigenvalue weighted by atomic mass is 35.5. The summed E-state index contributed by atoms with van der Waals surface area (Å²) in [6, 6.07) is 0.245. The van der Waals surface area contributed by atoms with E-state index >= 15 is 0 Å². The van der Waals surface area contributed by atoms with E-state index in [1.54, 1.807) is 0 Å². The van der Waals surface area contributed by atoms with Gasteiger partial charge in [0.05, 0.1) is 18.2 Å². The number of nitrogens with one attached hydrogen (secondary N) is 1. The third kappa shape index (κ3) is 6.65. The van der Waals surface area contributed by atoms with Crippen molar-refractivity contribution in [2.24, 2.45) is 0 Å². The quantitative estimate of drug-likeness (QED) is 0.429. The van der Waals surface area contributed by atoms with Crippen molar-refractivity contribution in [3.05, 3.63) is 28.8 Å². The van der Waals surface area contributed by atoms with Gasteiger partial charge in [0.15, 0.2) is 0 Å². The third-order valence-corrected chi connectivity index (χ3v) is 5.00. The van der Waals surface area contributed by atoms with Gasteiger partial charge in [-0.3, -0.25) is 4.90 Å². The van der Waals surface area contributed by atoms with Crippen molar-refractivity contribution in [1.29, 1.82) is 0 Å². The zero-order valence-corrected chi connectivity index (χ0v) is 17.2. The maximum Gasteiger partial charge on any atom is 0.416 e. The van der Waals surface area contributed by atoms with Gasteiger partial charge < -0.3 is 10.1 Å². The minimum Gasteiger partial charge on any atom is -0.496 e. The lowest BCUT2D eigenvalue weighted by molar-refractivity contribution is -0.144. The van der Waals surface area contributed by atoms with Crippen LogP contribution in [0.3, 0.4) is 0 Å². The molecule has 1 aliphatic rings. The average molecular weight is 449 g/mol. The Hall–Kier alpha value is -1.19. The molecule has 1 saturated heterocycles. The Bertz CT molecular complexity index is 645. The van der Waals surface area contributed by atoms with Crippen molar-refractivity contribution in [3.8, 4) is 5.75 Å². The van der Waals surface area contributed by atoms with Gasteiger partial charge in [0, 0.05) is 37.8 Å². The fourth-order valence-electron chi connectivity index (χ4n) is 3.63. The van der Waals surface area contributed by atoms with Crippen LogP contribution in [-0.4, -0.2) is 38.2 Å². The first-order chi connectivity index (χ1) is 13.1. The normalized spacial score (nSPS) is 17.0. The molecular formula is C19H27ClF6N2O. The van der Waals surface area contributed by atoms with Crippen LogP contribution in [0.2, 0.25) is 0 Å².